The quantitative estimate of drug-likeness (QED) is 0.469. The van der Waals surface area contributed by atoms with E-state index in [1.54, 1.807) is 36.4 Å². The predicted molar refractivity (Wildman–Crippen MR) is 133 cm³/mol. The van der Waals surface area contributed by atoms with Gasteiger partial charge in [-0.15, -0.1) is 0 Å². The van der Waals surface area contributed by atoms with Crippen LogP contribution in [0.5, 0.6) is 11.5 Å². The van der Waals surface area contributed by atoms with Crippen LogP contribution in [0.4, 0.5) is 11.4 Å². The van der Waals surface area contributed by atoms with Crippen LogP contribution >= 0.6 is 0 Å². The van der Waals surface area contributed by atoms with Crippen molar-refractivity contribution in [1.29, 1.82) is 0 Å². The summed E-state index contributed by atoms with van der Waals surface area (Å²) in [6.07, 6.45) is 3.97. The van der Waals surface area contributed by atoms with Gasteiger partial charge in [-0.25, -0.2) is 4.79 Å². The topological polar surface area (TPSA) is 103 Å². The molecule has 0 bridgehead atoms. The number of hydrogen-bond acceptors (Lipinski definition) is 6. The van der Waals surface area contributed by atoms with E-state index in [2.05, 4.69) is 10.6 Å². The highest BCUT2D eigenvalue weighted by atomic mass is 16.7. The molecule has 2 aliphatic rings. The molecular formula is C28H26N2O6. The second-order valence-corrected chi connectivity index (χ2v) is 8.86. The molecule has 8 heteroatoms. The third kappa shape index (κ3) is 5.33. The molecule has 0 saturated heterocycles. The fraction of sp³-hybridized carbons (Fsp3) is 0.250. The van der Waals surface area contributed by atoms with E-state index in [1.807, 2.05) is 30.3 Å². The van der Waals surface area contributed by atoms with Crippen molar-refractivity contribution >= 4 is 29.2 Å². The molecule has 1 saturated carbocycles. The van der Waals surface area contributed by atoms with Crippen molar-refractivity contribution in [3.05, 3.63) is 83.9 Å². The third-order valence-electron chi connectivity index (χ3n) is 6.15. The summed E-state index contributed by atoms with van der Waals surface area (Å²) in [5.74, 6) is -0.803. The van der Waals surface area contributed by atoms with Gasteiger partial charge in [-0.2, -0.15) is 0 Å². The van der Waals surface area contributed by atoms with E-state index < -0.39 is 24.3 Å². The van der Waals surface area contributed by atoms with Gasteiger partial charge in [0.15, 0.2) is 18.1 Å². The fourth-order valence-corrected chi connectivity index (χ4v) is 4.44. The Labute approximate surface area is 208 Å². The number of ether oxygens (including phenoxy) is 3. The van der Waals surface area contributed by atoms with Gasteiger partial charge in [0.05, 0.1) is 17.7 Å². The molecule has 1 heterocycles. The summed E-state index contributed by atoms with van der Waals surface area (Å²) in [7, 11) is 0. The molecule has 2 amide bonds. The predicted octanol–water partition coefficient (Wildman–Crippen LogP) is 4.70. The van der Waals surface area contributed by atoms with E-state index >= 15 is 0 Å². The van der Waals surface area contributed by atoms with Crippen molar-refractivity contribution < 1.29 is 28.6 Å². The van der Waals surface area contributed by atoms with Crippen molar-refractivity contribution in [2.75, 3.05) is 17.2 Å². The summed E-state index contributed by atoms with van der Waals surface area (Å²) in [5, 5.41) is 5.46. The molecule has 1 aliphatic carbocycles. The Hall–Kier alpha value is -4.33. The van der Waals surface area contributed by atoms with Crippen molar-refractivity contribution in [2.24, 2.45) is 0 Å². The highest BCUT2D eigenvalue weighted by molar-refractivity contribution is 6.02. The van der Waals surface area contributed by atoms with Crippen molar-refractivity contribution in [3.63, 3.8) is 0 Å². The normalized spacial score (nSPS) is 14.9. The van der Waals surface area contributed by atoms with Gasteiger partial charge in [0, 0.05) is 24.6 Å². The maximum atomic E-state index is 12.7. The lowest BCUT2D eigenvalue weighted by Crippen LogP contribution is -2.34. The maximum Gasteiger partial charge on any atom is 0.340 e. The molecular weight excluding hydrogens is 460 g/mol. The van der Waals surface area contributed by atoms with Crippen LogP contribution in [0.15, 0.2) is 72.8 Å². The Morgan fingerprint density at radius 3 is 2.33 bits per heavy atom. The molecule has 0 radical (unpaired) electrons. The summed E-state index contributed by atoms with van der Waals surface area (Å²) in [6, 6.07) is 21.0. The van der Waals surface area contributed by atoms with E-state index in [9.17, 15) is 14.4 Å². The summed E-state index contributed by atoms with van der Waals surface area (Å²) < 4.78 is 17.2. The molecule has 184 valence electrons. The summed E-state index contributed by atoms with van der Waals surface area (Å²) in [4.78, 5) is 37.5. The third-order valence-corrected chi connectivity index (χ3v) is 6.15. The number of fused-ring (bicyclic) bond motifs is 1. The Morgan fingerprint density at radius 2 is 1.53 bits per heavy atom. The van der Waals surface area contributed by atoms with Crippen LogP contribution in [-0.2, 0) is 20.7 Å². The summed E-state index contributed by atoms with van der Waals surface area (Å²) in [6.45, 7) is -0.483. The van der Waals surface area contributed by atoms with Crippen LogP contribution in [0.1, 0.15) is 41.6 Å². The number of benzene rings is 3. The first-order valence-electron chi connectivity index (χ1n) is 11.9. The number of esters is 1. The van der Waals surface area contributed by atoms with Crippen LogP contribution in [0.3, 0.4) is 0 Å². The zero-order chi connectivity index (χ0) is 25.0. The molecule has 36 heavy (non-hydrogen) atoms. The highest BCUT2D eigenvalue weighted by Gasteiger charge is 2.44. The van der Waals surface area contributed by atoms with Gasteiger partial charge in [0.2, 0.25) is 5.91 Å². The minimum Gasteiger partial charge on any atom is -0.452 e. The molecule has 3 aromatic rings. The Morgan fingerprint density at radius 1 is 0.806 bits per heavy atom. The lowest BCUT2D eigenvalue weighted by Gasteiger charge is -2.21. The number of anilines is 2. The van der Waals surface area contributed by atoms with E-state index in [0.717, 1.165) is 31.2 Å². The number of rotatable bonds is 7. The second-order valence-electron chi connectivity index (χ2n) is 8.86. The zero-order valence-corrected chi connectivity index (χ0v) is 19.6. The lowest BCUT2D eigenvalue weighted by atomic mass is 10.1. The maximum absolute atomic E-state index is 12.7. The molecule has 2 N–H and O–H groups in total. The van der Waals surface area contributed by atoms with Crippen LogP contribution < -0.4 is 20.1 Å². The van der Waals surface area contributed by atoms with E-state index in [0.29, 0.717) is 22.9 Å². The first-order valence-corrected chi connectivity index (χ1v) is 11.9. The van der Waals surface area contributed by atoms with Crippen LogP contribution in [-0.4, -0.2) is 30.2 Å². The minimum atomic E-state index is -0.713. The van der Waals surface area contributed by atoms with Gasteiger partial charge in [0.25, 0.3) is 11.7 Å². The number of hydrogen-bond donors (Lipinski definition) is 2. The largest absolute Gasteiger partial charge is 0.452 e. The van der Waals surface area contributed by atoms with Crippen molar-refractivity contribution in [3.8, 4) is 11.5 Å². The SMILES string of the molecule is O=C(COC(=O)c1ccccc1NC(=O)Cc1ccccc1)Nc1ccc2c(c1)OC1(CCCC1)O2. The lowest BCUT2D eigenvalue weighted by molar-refractivity contribution is -0.119. The van der Waals surface area contributed by atoms with Gasteiger partial charge >= 0.3 is 5.97 Å². The molecule has 3 aromatic carbocycles. The molecule has 0 unspecified atom stereocenters. The van der Waals surface area contributed by atoms with E-state index in [-0.39, 0.29) is 17.9 Å². The second kappa shape index (κ2) is 10.1. The molecule has 8 nitrogen and oxygen atoms in total. The van der Waals surface area contributed by atoms with Gasteiger partial charge in [0.1, 0.15) is 0 Å². The number of nitrogens with one attached hydrogen (secondary N) is 2. The molecule has 5 rings (SSSR count). The fourth-order valence-electron chi connectivity index (χ4n) is 4.44. The van der Waals surface area contributed by atoms with E-state index in [1.165, 1.54) is 6.07 Å². The Balaban J connectivity index is 1.15. The van der Waals surface area contributed by atoms with Crippen LogP contribution in [0.25, 0.3) is 0 Å². The Kier molecular flexibility index (Phi) is 6.58. The van der Waals surface area contributed by atoms with Gasteiger partial charge in [-0.1, -0.05) is 42.5 Å². The summed E-state index contributed by atoms with van der Waals surface area (Å²) >= 11 is 0. The first kappa shape index (κ1) is 23.4. The molecule has 1 aliphatic heterocycles. The Bertz CT molecular complexity index is 1280. The molecule has 1 fully saturated rings. The molecule has 0 atom stereocenters. The zero-order valence-electron chi connectivity index (χ0n) is 19.6. The average molecular weight is 487 g/mol. The van der Waals surface area contributed by atoms with Crippen molar-refractivity contribution in [2.45, 2.75) is 37.9 Å². The number of amides is 2. The monoisotopic (exact) mass is 486 g/mol. The number of para-hydroxylation sites is 1. The smallest absolute Gasteiger partial charge is 0.340 e. The highest BCUT2D eigenvalue weighted by Crippen LogP contribution is 2.47. The first-order chi connectivity index (χ1) is 17.5. The molecule has 0 aromatic heterocycles. The van der Waals surface area contributed by atoms with E-state index in [4.69, 9.17) is 14.2 Å². The molecule has 1 spiro atoms. The van der Waals surface area contributed by atoms with Crippen molar-refractivity contribution in [1.82, 2.24) is 0 Å². The van der Waals surface area contributed by atoms with Gasteiger partial charge in [-0.3, -0.25) is 9.59 Å². The van der Waals surface area contributed by atoms with Crippen LogP contribution in [0.2, 0.25) is 0 Å². The number of carbonyl (C=O) groups is 3. The standard InChI is InChI=1S/C28H26N2O6/c31-25(16-19-8-2-1-3-9-19)30-22-11-5-4-10-21(22)27(33)34-18-26(32)29-20-12-13-23-24(17-20)36-28(35-23)14-6-7-15-28/h1-5,8-13,17H,6-7,14-16,18H2,(H,29,32)(H,30,31). The summed E-state index contributed by atoms with van der Waals surface area (Å²) in [5.41, 5.74) is 1.85. The number of carbonyl (C=O) groups excluding carboxylic acids is 3. The van der Waals surface area contributed by atoms with Gasteiger partial charge in [-0.05, 0) is 42.7 Å². The van der Waals surface area contributed by atoms with Crippen LogP contribution in [0, 0.1) is 0 Å². The minimum absolute atomic E-state index is 0.164. The average Bonchev–Trinajstić information content (AvgIpc) is 3.48. The van der Waals surface area contributed by atoms with Gasteiger partial charge < -0.3 is 24.8 Å².